The predicted molar refractivity (Wildman–Crippen MR) is 79.9 cm³/mol. The second kappa shape index (κ2) is 6.64. The van der Waals surface area contributed by atoms with Gasteiger partial charge in [-0.05, 0) is 32.0 Å². The molecule has 0 aliphatic heterocycles. The highest BCUT2D eigenvalue weighted by Crippen LogP contribution is 2.15. The van der Waals surface area contributed by atoms with Crippen LogP contribution in [0.1, 0.15) is 27.3 Å². The lowest BCUT2D eigenvalue weighted by Gasteiger charge is -2.09. The van der Waals surface area contributed by atoms with E-state index in [1.807, 2.05) is 26.0 Å². The topological polar surface area (TPSA) is 75.1 Å². The first-order chi connectivity index (χ1) is 10.1. The zero-order valence-electron chi connectivity index (χ0n) is 11.8. The van der Waals surface area contributed by atoms with Crippen LogP contribution < -0.4 is 5.32 Å². The summed E-state index contributed by atoms with van der Waals surface area (Å²) in [5, 5.41) is 11.6. The van der Waals surface area contributed by atoms with E-state index in [9.17, 15) is 4.79 Å². The smallest absolute Gasteiger partial charge is 0.257 e. The highest BCUT2D eigenvalue weighted by molar-refractivity contribution is 6.06. The molecule has 2 aromatic rings. The molecule has 5 nitrogen and oxygen atoms in total. The van der Waals surface area contributed by atoms with Gasteiger partial charge in [0.05, 0.1) is 22.5 Å². The SMILES string of the molecule is Cc1ccc(NC(=O)c2ccncc2C#CCO)c(C)n1. The molecule has 5 heteroatoms. The third-order valence-electron chi connectivity index (χ3n) is 2.84. The minimum atomic E-state index is -0.284. The number of nitrogens with one attached hydrogen (secondary N) is 1. The minimum absolute atomic E-state index is 0.267. The third-order valence-corrected chi connectivity index (χ3v) is 2.84. The maximum Gasteiger partial charge on any atom is 0.257 e. The van der Waals surface area contributed by atoms with Gasteiger partial charge in [-0.3, -0.25) is 14.8 Å². The van der Waals surface area contributed by atoms with Crippen LogP contribution in [0, 0.1) is 25.7 Å². The fraction of sp³-hybridized carbons (Fsp3) is 0.188. The normalized spacial score (nSPS) is 9.67. The average molecular weight is 281 g/mol. The highest BCUT2D eigenvalue weighted by atomic mass is 16.2. The van der Waals surface area contributed by atoms with Gasteiger partial charge in [-0.15, -0.1) is 0 Å². The molecule has 2 N–H and O–H groups in total. The van der Waals surface area contributed by atoms with E-state index in [0.29, 0.717) is 16.8 Å². The van der Waals surface area contributed by atoms with Crippen LogP contribution in [0.15, 0.2) is 30.6 Å². The number of amides is 1. The fourth-order valence-electron chi connectivity index (χ4n) is 1.84. The summed E-state index contributed by atoms with van der Waals surface area (Å²) in [4.78, 5) is 20.6. The lowest BCUT2D eigenvalue weighted by Crippen LogP contribution is -2.15. The second-order valence-corrected chi connectivity index (χ2v) is 4.42. The van der Waals surface area contributed by atoms with Gasteiger partial charge < -0.3 is 10.4 Å². The second-order valence-electron chi connectivity index (χ2n) is 4.42. The van der Waals surface area contributed by atoms with Crippen LogP contribution in [-0.4, -0.2) is 27.6 Å². The summed E-state index contributed by atoms with van der Waals surface area (Å²) >= 11 is 0. The number of aliphatic hydroxyl groups excluding tert-OH is 1. The lowest BCUT2D eigenvalue weighted by molar-refractivity contribution is 0.102. The molecule has 2 heterocycles. The van der Waals surface area contributed by atoms with Gasteiger partial charge in [0.15, 0.2) is 0 Å². The van der Waals surface area contributed by atoms with E-state index in [1.165, 1.54) is 12.4 Å². The molecule has 0 spiro atoms. The van der Waals surface area contributed by atoms with Crippen LogP contribution >= 0.6 is 0 Å². The molecule has 106 valence electrons. The van der Waals surface area contributed by atoms with Gasteiger partial charge in [-0.2, -0.15) is 0 Å². The van der Waals surface area contributed by atoms with Gasteiger partial charge in [-0.1, -0.05) is 11.8 Å². The van der Waals surface area contributed by atoms with Crippen LogP contribution in [0.5, 0.6) is 0 Å². The summed E-state index contributed by atoms with van der Waals surface area (Å²) in [6.07, 6.45) is 3.02. The maximum atomic E-state index is 12.3. The predicted octanol–water partition coefficient (Wildman–Crippen LogP) is 1.69. The van der Waals surface area contributed by atoms with Crippen molar-refractivity contribution in [1.29, 1.82) is 0 Å². The molecule has 0 aromatic carbocycles. The zero-order valence-corrected chi connectivity index (χ0v) is 11.8. The molecule has 0 aliphatic carbocycles. The van der Waals surface area contributed by atoms with E-state index >= 15 is 0 Å². The van der Waals surface area contributed by atoms with Crippen LogP contribution in [0.4, 0.5) is 5.69 Å². The van der Waals surface area contributed by atoms with E-state index in [1.54, 1.807) is 6.07 Å². The van der Waals surface area contributed by atoms with Crippen LogP contribution in [0.3, 0.4) is 0 Å². The highest BCUT2D eigenvalue weighted by Gasteiger charge is 2.12. The number of hydrogen-bond donors (Lipinski definition) is 2. The number of aryl methyl sites for hydroxylation is 2. The number of aliphatic hydroxyl groups is 1. The number of rotatable bonds is 2. The van der Waals surface area contributed by atoms with E-state index < -0.39 is 0 Å². The van der Waals surface area contributed by atoms with Gasteiger partial charge in [0.1, 0.15) is 6.61 Å². The molecule has 0 saturated carbocycles. The molecule has 21 heavy (non-hydrogen) atoms. The quantitative estimate of drug-likeness (QED) is 0.821. The Balaban J connectivity index is 2.28. The number of hydrogen-bond acceptors (Lipinski definition) is 4. The fourth-order valence-corrected chi connectivity index (χ4v) is 1.84. The first-order valence-electron chi connectivity index (χ1n) is 6.41. The molecular weight excluding hydrogens is 266 g/mol. The van der Waals surface area contributed by atoms with Gasteiger partial charge in [-0.25, -0.2) is 0 Å². The Morgan fingerprint density at radius 1 is 1.33 bits per heavy atom. The molecule has 2 rings (SSSR count). The Morgan fingerprint density at radius 2 is 2.14 bits per heavy atom. The summed E-state index contributed by atoms with van der Waals surface area (Å²) in [5.41, 5.74) is 3.18. The number of nitrogens with zero attached hydrogens (tertiary/aromatic N) is 2. The minimum Gasteiger partial charge on any atom is -0.384 e. The Hall–Kier alpha value is -2.71. The largest absolute Gasteiger partial charge is 0.384 e. The third kappa shape index (κ3) is 3.65. The monoisotopic (exact) mass is 281 g/mol. The van der Waals surface area contributed by atoms with E-state index in [-0.39, 0.29) is 12.5 Å². The number of carbonyl (C=O) groups excluding carboxylic acids is 1. The number of carbonyl (C=O) groups is 1. The number of pyridine rings is 2. The molecule has 1 amide bonds. The molecule has 0 aliphatic rings. The maximum absolute atomic E-state index is 12.3. The number of anilines is 1. The summed E-state index contributed by atoms with van der Waals surface area (Å²) in [6, 6.07) is 5.24. The van der Waals surface area contributed by atoms with Crippen LogP contribution in [0.25, 0.3) is 0 Å². The van der Waals surface area contributed by atoms with Crippen molar-refractivity contribution in [3.05, 3.63) is 53.1 Å². The van der Waals surface area contributed by atoms with Crippen molar-refractivity contribution >= 4 is 11.6 Å². The Morgan fingerprint density at radius 3 is 2.86 bits per heavy atom. The Bertz CT molecular complexity index is 730. The number of aromatic nitrogens is 2. The van der Waals surface area contributed by atoms with Crippen LogP contribution in [0.2, 0.25) is 0 Å². The van der Waals surface area contributed by atoms with Gasteiger partial charge >= 0.3 is 0 Å². The summed E-state index contributed by atoms with van der Waals surface area (Å²) < 4.78 is 0. The molecule has 0 atom stereocenters. The average Bonchev–Trinajstić information content (AvgIpc) is 2.48. The van der Waals surface area contributed by atoms with E-state index in [2.05, 4.69) is 27.1 Å². The van der Waals surface area contributed by atoms with Gasteiger partial charge in [0, 0.05) is 18.1 Å². The van der Waals surface area contributed by atoms with E-state index in [0.717, 1.165) is 11.4 Å². The Kier molecular flexibility index (Phi) is 4.64. The van der Waals surface area contributed by atoms with Crippen molar-refractivity contribution in [3.63, 3.8) is 0 Å². The van der Waals surface area contributed by atoms with E-state index in [4.69, 9.17) is 5.11 Å². The molecule has 0 fully saturated rings. The first kappa shape index (κ1) is 14.7. The van der Waals surface area contributed by atoms with Crippen molar-refractivity contribution in [1.82, 2.24) is 9.97 Å². The van der Waals surface area contributed by atoms with Crippen molar-refractivity contribution in [2.45, 2.75) is 13.8 Å². The van der Waals surface area contributed by atoms with Crippen molar-refractivity contribution in [3.8, 4) is 11.8 Å². The lowest BCUT2D eigenvalue weighted by atomic mass is 10.1. The summed E-state index contributed by atoms with van der Waals surface area (Å²) in [6.45, 7) is 3.46. The first-order valence-corrected chi connectivity index (χ1v) is 6.41. The van der Waals surface area contributed by atoms with Gasteiger partial charge in [0.2, 0.25) is 0 Å². The summed E-state index contributed by atoms with van der Waals surface area (Å²) in [7, 11) is 0. The zero-order chi connectivity index (χ0) is 15.2. The molecule has 0 unspecified atom stereocenters. The van der Waals surface area contributed by atoms with Crippen molar-refractivity contribution in [2.75, 3.05) is 11.9 Å². The molecule has 0 radical (unpaired) electrons. The molecule has 2 aromatic heterocycles. The molecule has 0 saturated heterocycles. The summed E-state index contributed by atoms with van der Waals surface area (Å²) in [5.74, 6) is 4.95. The standard InChI is InChI=1S/C16H15N3O2/c1-11-5-6-15(12(2)18-11)19-16(21)14-7-8-17-10-13(14)4-3-9-20/h5-8,10,20H,9H2,1-2H3,(H,19,21). The Labute approximate surface area is 123 Å². The van der Waals surface area contributed by atoms with Crippen LogP contribution in [-0.2, 0) is 0 Å². The van der Waals surface area contributed by atoms with Crippen molar-refractivity contribution in [2.24, 2.45) is 0 Å². The van der Waals surface area contributed by atoms with Gasteiger partial charge in [0.25, 0.3) is 5.91 Å². The molecule has 0 bridgehead atoms. The molecular formula is C16H15N3O2. The van der Waals surface area contributed by atoms with Crippen molar-refractivity contribution < 1.29 is 9.90 Å².